The van der Waals surface area contributed by atoms with Crippen LogP contribution in [-0.2, 0) is 9.84 Å². The summed E-state index contributed by atoms with van der Waals surface area (Å²) < 4.78 is 28.0. The van der Waals surface area contributed by atoms with E-state index in [9.17, 15) is 8.42 Å². The fourth-order valence-electron chi connectivity index (χ4n) is 1.88. The van der Waals surface area contributed by atoms with Gasteiger partial charge in [0.25, 0.3) is 0 Å². The number of aromatic nitrogens is 1. The summed E-state index contributed by atoms with van der Waals surface area (Å²) in [7, 11) is -3.34. The van der Waals surface area contributed by atoms with Crippen molar-refractivity contribution >= 4 is 32.2 Å². The van der Waals surface area contributed by atoms with E-state index in [1.165, 1.54) is 0 Å². The van der Waals surface area contributed by atoms with Crippen LogP contribution < -0.4 is 11.1 Å². The quantitative estimate of drug-likeness (QED) is 0.809. The minimum absolute atomic E-state index is 0.0318. The van der Waals surface area contributed by atoms with E-state index in [4.69, 9.17) is 5.73 Å². The first-order chi connectivity index (χ1) is 8.81. The zero-order valence-corrected chi connectivity index (χ0v) is 13.6. The molecule has 0 saturated heterocycles. The van der Waals surface area contributed by atoms with Crippen LogP contribution in [0, 0.1) is 5.92 Å². The highest BCUT2D eigenvalue weighted by Gasteiger charge is 2.24. The molecular formula is C12H23N3O2S2. The van der Waals surface area contributed by atoms with E-state index >= 15 is 0 Å². The summed E-state index contributed by atoms with van der Waals surface area (Å²) in [5.74, 6) is 0.730. The Labute approximate surface area is 119 Å². The summed E-state index contributed by atoms with van der Waals surface area (Å²) in [4.78, 5) is 0.163. The molecule has 19 heavy (non-hydrogen) atoms. The van der Waals surface area contributed by atoms with Crippen molar-refractivity contribution in [1.29, 1.82) is 0 Å². The van der Waals surface area contributed by atoms with E-state index in [-0.39, 0.29) is 22.5 Å². The molecule has 0 fully saturated rings. The molecule has 5 nitrogen and oxygen atoms in total. The van der Waals surface area contributed by atoms with Crippen LogP contribution in [0.25, 0.3) is 0 Å². The standard InChI is InChI=1S/C12H23N3O2S2/c1-5-8(3)7-9(4)14-12-10(11(13)15-18-12)19(16,17)6-2/h8-9,14H,5-7H2,1-4H3,(H2,13,15). The molecule has 0 aliphatic carbocycles. The van der Waals surface area contributed by atoms with Crippen molar-refractivity contribution in [2.24, 2.45) is 5.92 Å². The third-order valence-electron chi connectivity index (χ3n) is 3.20. The average Bonchev–Trinajstić information content (AvgIpc) is 2.70. The van der Waals surface area contributed by atoms with Crippen molar-refractivity contribution in [3.05, 3.63) is 0 Å². The van der Waals surface area contributed by atoms with Crippen LogP contribution in [-0.4, -0.2) is 24.6 Å². The van der Waals surface area contributed by atoms with Crippen LogP contribution in [0.15, 0.2) is 4.90 Å². The number of hydrogen-bond acceptors (Lipinski definition) is 6. The topological polar surface area (TPSA) is 85.1 Å². The number of nitrogens with one attached hydrogen (secondary N) is 1. The van der Waals surface area contributed by atoms with Crippen molar-refractivity contribution in [3.63, 3.8) is 0 Å². The summed E-state index contributed by atoms with van der Waals surface area (Å²) in [5, 5.41) is 3.80. The minimum atomic E-state index is -3.34. The van der Waals surface area contributed by atoms with Crippen LogP contribution >= 0.6 is 11.5 Å². The molecule has 0 amide bonds. The first-order valence-corrected chi connectivity index (χ1v) is 8.98. The highest BCUT2D eigenvalue weighted by molar-refractivity contribution is 7.91. The Morgan fingerprint density at radius 1 is 1.37 bits per heavy atom. The number of sulfone groups is 1. The van der Waals surface area contributed by atoms with Gasteiger partial charge in [-0.15, -0.1) is 0 Å². The zero-order chi connectivity index (χ0) is 14.6. The van der Waals surface area contributed by atoms with Crippen molar-refractivity contribution in [2.45, 2.75) is 51.5 Å². The maximum absolute atomic E-state index is 12.0. The number of hydrogen-bond donors (Lipinski definition) is 2. The van der Waals surface area contributed by atoms with Gasteiger partial charge in [-0.25, -0.2) is 8.42 Å². The third-order valence-corrected chi connectivity index (χ3v) is 5.91. The number of nitrogen functional groups attached to an aromatic ring is 1. The van der Waals surface area contributed by atoms with Gasteiger partial charge in [0.15, 0.2) is 15.7 Å². The van der Waals surface area contributed by atoms with Gasteiger partial charge in [-0.05, 0) is 30.8 Å². The van der Waals surface area contributed by atoms with E-state index in [2.05, 4.69) is 23.5 Å². The molecule has 7 heteroatoms. The Balaban J connectivity index is 2.92. The van der Waals surface area contributed by atoms with Gasteiger partial charge in [0, 0.05) is 6.04 Å². The molecule has 110 valence electrons. The number of nitrogens with zero attached hydrogens (tertiary/aromatic N) is 1. The molecule has 0 aliphatic heterocycles. The summed E-state index contributed by atoms with van der Waals surface area (Å²) in [6.07, 6.45) is 2.09. The summed E-state index contributed by atoms with van der Waals surface area (Å²) in [6.45, 7) is 7.99. The molecule has 0 aliphatic rings. The van der Waals surface area contributed by atoms with Gasteiger partial charge < -0.3 is 11.1 Å². The highest BCUT2D eigenvalue weighted by atomic mass is 32.2. The Bertz CT molecular complexity index is 511. The van der Waals surface area contributed by atoms with Crippen LogP contribution in [0.4, 0.5) is 10.8 Å². The normalized spacial score (nSPS) is 15.2. The molecule has 1 rings (SSSR count). The fourth-order valence-corrected chi connectivity index (χ4v) is 4.15. The van der Waals surface area contributed by atoms with Crippen LogP contribution in [0.3, 0.4) is 0 Å². The maximum Gasteiger partial charge on any atom is 0.184 e. The van der Waals surface area contributed by atoms with Crippen molar-refractivity contribution in [2.75, 3.05) is 16.8 Å². The second-order valence-corrected chi connectivity index (χ2v) is 7.91. The van der Waals surface area contributed by atoms with Gasteiger partial charge in [0.2, 0.25) is 0 Å². The Morgan fingerprint density at radius 3 is 2.53 bits per heavy atom. The molecule has 0 saturated carbocycles. The summed E-state index contributed by atoms with van der Waals surface area (Å²) in [5.41, 5.74) is 5.69. The van der Waals surface area contributed by atoms with Gasteiger partial charge in [-0.1, -0.05) is 27.2 Å². The molecular weight excluding hydrogens is 282 g/mol. The average molecular weight is 305 g/mol. The molecule has 1 aromatic heterocycles. The largest absolute Gasteiger partial charge is 0.382 e. The molecule has 1 heterocycles. The van der Waals surface area contributed by atoms with Crippen LogP contribution in [0.5, 0.6) is 0 Å². The van der Waals surface area contributed by atoms with Gasteiger partial charge in [-0.3, -0.25) is 0 Å². The lowest BCUT2D eigenvalue weighted by atomic mass is 10.0. The molecule has 2 atom stereocenters. The summed E-state index contributed by atoms with van der Waals surface area (Å²) >= 11 is 1.12. The lowest BCUT2D eigenvalue weighted by Crippen LogP contribution is -2.19. The smallest absolute Gasteiger partial charge is 0.184 e. The first-order valence-electron chi connectivity index (χ1n) is 6.56. The van der Waals surface area contributed by atoms with Gasteiger partial charge in [0.1, 0.15) is 9.90 Å². The number of nitrogens with two attached hydrogens (primary N) is 1. The zero-order valence-electron chi connectivity index (χ0n) is 11.9. The molecule has 1 aromatic rings. The monoisotopic (exact) mass is 305 g/mol. The van der Waals surface area contributed by atoms with Crippen molar-refractivity contribution in [3.8, 4) is 0 Å². The van der Waals surface area contributed by atoms with Crippen LogP contribution in [0.1, 0.15) is 40.5 Å². The minimum Gasteiger partial charge on any atom is -0.382 e. The second-order valence-electron chi connectivity index (χ2n) is 4.92. The Morgan fingerprint density at radius 2 is 2.00 bits per heavy atom. The molecule has 3 N–H and O–H groups in total. The van der Waals surface area contributed by atoms with Crippen molar-refractivity contribution in [1.82, 2.24) is 4.37 Å². The van der Waals surface area contributed by atoms with Gasteiger partial charge >= 0.3 is 0 Å². The fraction of sp³-hybridized carbons (Fsp3) is 0.750. The maximum atomic E-state index is 12.0. The van der Waals surface area contributed by atoms with E-state index in [1.54, 1.807) is 6.92 Å². The SMILES string of the molecule is CCC(C)CC(C)Nc1snc(N)c1S(=O)(=O)CC. The Hall–Kier alpha value is -0.820. The lowest BCUT2D eigenvalue weighted by Gasteiger charge is -2.18. The first kappa shape index (κ1) is 16.2. The van der Waals surface area contributed by atoms with Crippen LogP contribution in [0.2, 0.25) is 0 Å². The van der Waals surface area contributed by atoms with Gasteiger partial charge in [0.05, 0.1) is 5.75 Å². The molecule has 2 unspecified atom stereocenters. The van der Waals surface area contributed by atoms with E-state index in [0.717, 1.165) is 24.4 Å². The number of rotatable bonds is 7. The van der Waals surface area contributed by atoms with E-state index in [0.29, 0.717) is 10.9 Å². The van der Waals surface area contributed by atoms with E-state index < -0.39 is 9.84 Å². The summed E-state index contributed by atoms with van der Waals surface area (Å²) in [6, 6.07) is 0.195. The second kappa shape index (κ2) is 6.56. The van der Waals surface area contributed by atoms with E-state index in [1.807, 2.05) is 6.92 Å². The third kappa shape index (κ3) is 4.07. The lowest BCUT2D eigenvalue weighted by molar-refractivity contribution is 0.484. The molecule has 0 aromatic carbocycles. The Kier molecular flexibility index (Phi) is 5.61. The molecule has 0 bridgehead atoms. The molecule has 0 spiro atoms. The highest BCUT2D eigenvalue weighted by Crippen LogP contribution is 2.33. The molecule has 0 radical (unpaired) electrons. The predicted octanol–water partition coefficient (Wildman–Crippen LogP) is 2.76. The van der Waals surface area contributed by atoms with Crippen molar-refractivity contribution < 1.29 is 8.42 Å². The number of anilines is 2. The van der Waals surface area contributed by atoms with Gasteiger partial charge in [-0.2, -0.15) is 4.37 Å². The predicted molar refractivity (Wildman–Crippen MR) is 81.4 cm³/mol.